The van der Waals surface area contributed by atoms with Gasteiger partial charge in [0.25, 0.3) is 5.91 Å². The number of piperazine rings is 1. The molecule has 0 saturated carbocycles. The number of benzene rings is 1. The van der Waals surface area contributed by atoms with Gasteiger partial charge in [-0.1, -0.05) is 11.6 Å². The number of anilines is 1. The Labute approximate surface area is 162 Å². The Morgan fingerprint density at radius 2 is 2.00 bits per heavy atom. The average molecular weight is 392 g/mol. The summed E-state index contributed by atoms with van der Waals surface area (Å²) >= 11 is 6.06. The van der Waals surface area contributed by atoms with Gasteiger partial charge in [-0.3, -0.25) is 14.5 Å². The van der Waals surface area contributed by atoms with Gasteiger partial charge in [-0.25, -0.2) is 0 Å². The van der Waals surface area contributed by atoms with Gasteiger partial charge in [0.05, 0.1) is 18.4 Å². The third-order valence-corrected chi connectivity index (χ3v) is 4.78. The first-order chi connectivity index (χ1) is 13.1. The van der Waals surface area contributed by atoms with E-state index in [0.29, 0.717) is 48.3 Å². The fourth-order valence-corrected chi connectivity index (χ4v) is 3.22. The van der Waals surface area contributed by atoms with Crippen LogP contribution < -0.4 is 10.1 Å². The number of ether oxygens (including phenoxy) is 1. The molecule has 0 atom stereocenters. The highest BCUT2D eigenvalue weighted by Gasteiger charge is 2.23. The molecule has 144 valence electrons. The number of methoxy groups -OCH3 is 1. The normalized spacial score (nSPS) is 14.8. The van der Waals surface area contributed by atoms with Crippen molar-refractivity contribution in [2.24, 2.45) is 0 Å². The third kappa shape index (κ3) is 5.02. The second kappa shape index (κ2) is 8.92. The van der Waals surface area contributed by atoms with Crippen molar-refractivity contribution in [2.75, 3.05) is 45.2 Å². The van der Waals surface area contributed by atoms with Crippen molar-refractivity contribution in [2.45, 2.75) is 6.42 Å². The van der Waals surface area contributed by atoms with Crippen molar-refractivity contribution in [3.63, 3.8) is 0 Å². The van der Waals surface area contributed by atoms with Crippen molar-refractivity contribution in [3.05, 3.63) is 47.4 Å². The van der Waals surface area contributed by atoms with E-state index in [4.69, 9.17) is 20.8 Å². The molecule has 1 aliphatic heterocycles. The van der Waals surface area contributed by atoms with Crippen molar-refractivity contribution < 1.29 is 18.7 Å². The smallest absolute Gasteiger partial charge is 0.289 e. The van der Waals surface area contributed by atoms with Crippen LogP contribution in [0.4, 0.5) is 5.69 Å². The zero-order chi connectivity index (χ0) is 19.2. The summed E-state index contributed by atoms with van der Waals surface area (Å²) in [6.45, 7) is 3.34. The van der Waals surface area contributed by atoms with Crippen LogP contribution in [-0.4, -0.2) is 61.4 Å². The molecule has 7 nitrogen and oxygen atoms in total. The van der Waals surface area contributed by atoms with Crippen LogP contribution in [0.15, 0.2) is 41.0 Å². The van der Waals surface area contributed by atoms with Crippen LogP contribution in [0.2, 0.25) is 5.02 Å². The van der Waals surface area contributed by atoms with Gasteiger partial charge in [0, 0.05) is 44.8 Å². The lowest BCUT2D eigenvalue weighted by molar-refractivity contribution is -0.116. The Balaban J connectivity index is 1.41. The Kier molecular flexibility index (Phi) is 6.36. The number of amides is 2. The van der Waals surface area contributed by atoms with Gasteiger partial charge in [-0.05, 0) is 30.3 Å². The Hall–Kier alpha value is -2.51. The zero-order valence-corrected chi connectivity index (χ0v) is 15.9. The first-order valence-corrected chi connectivity index (χ1v) is 9.13. The molecule has 2 amide bonds. The number of carbonyl (C=O) groups excluding carboxylic acids is 2. The predicted molar refractivity (Wildman–Crippen MR) is 102 cm³/mol. The van der Waals surface area contributed by atoms with E-state index in [1.165, 1.54) is 6.26 Å². The number of rotatable bonds is 6. The molecule has 0 spiro atoms. The minimum atomic E-state index is -0.0891. The SMILES string of the molecule is COc1ccc(NC(=O)CCN2CCN(C(=O)c3ccco3)CC2)cc1Cl. The maximum atomic E-state index is 12.2. The Morgan fingerprint density at radius 1 is 1.22 bits per heavy atom. The molecule has 1 aromatic heterocycles. The minimum Gasteiger partial charge on any atom is -0.495 e. The van der Waals surface area contributed by atoms with Crippen LogP contribution in [0.25, 0.3) is 0 Å². The summed E-state index contributed by atoms with van der Waals surface area (Å²) in [5.74, 6) is 0.761. The molecule has 2 aromatic rings. The lowest BCUT2D eigenvalue weighted by Crippen LogP contribution is -2.49. The monoisotopic (exact) mass is 391 g/mol. The largest absolute Gasteiger partial charge is 0.495 e. The highest BCUT2D eigenvalue weighted by molar-refractivity contribution is 6.32. The average Bonchev–Trinajstić information content (AvgIpc) is 3.21. The highest BCUT2D eigenvalue weighted by Crippen LogP contribution is 2.27. The van der Waals surface area contributed by atoms with E-state index in [0.717, 1.165) is 13.1 Å². The van der Waals surface area contributed by atoms with E-state index in [1.54, 1.807) is 42.3 Å². The van der Waals surface area contributed by atoms with Crippen LogP contribution in [-0.2, 0) is 4.79 Å². The standard InChI is InChI=1S/C19H22ClN3O4/c1-26-16-5-4-14(13-15(16)20)21-18(24)6-7-22-8-10-23(11-9-22)19(25)17-3-2-12-27-17/h2-5,12-13H,6-11H2,1H3,(H,21,24). The van der Waals surface area contributed by atoms with Gasteiger partial charge >= 0.3 is 0 Å². The molecular weight excluding hydrogens is 370 g/mol. The molecule has 2 heterocycles. The molecule has 1 saturated heterocycles. The molecule has 1 N–H and O–H groups in total. The van der Waals surface area contributed by atoms with Crippen LogP contribution in [0.1, 0.15) is 17.0 Å². The zero-order valence-electron chi connectivity index (χ0n) is 15.1. The molecule has 0 bridgehead atoms. The lowest BCUT2D eigenvalue weighted by Gasteiger charge is -2.34. The second-order valence-electron chi connectivity index (χ2n) is 6.26. The van der Waals surface area contributed by atoms with Crippen molar-refractivity contribution >= 4 is 29.1 Å². The minimum absolute atomic E-state index is 0.0784. The summed E-state index contributed by atoms with van der Waals surface area (Å²) in [6.07, 6.45) is 1.87. The van der Waals surface area contributed by atoms with Gasteiger partial charge in [0.15, 0.2) is 5.76 Å². The summed E-state index contributed by atoms with van der Waals surface area (Å²) in [5, 5.41) is 3.29. The molecule has 0 unspecified atom stereocenters. The topological polar surface area (TPSA) is 75.0 Å². The van der Waals surface area contributed by atoms with E-state index < -0.39 is 0 Å². The quantitative estimate of drug-likeness (QED) is 0.819. The first kappa shape index (κ1) is 19.3. The predicted octanol–water partition coefficient (Wildman–Crippen LogP) is 2.73. The Bertz CT molecular complexity index is 786. The second-order valence-corrected chi connectivity index (χ2v) is 6.67. The van der Waals surface area contributed by atoms with E-state index >= 15 is 0 Å². The maximum Gasteiger partial charge on any atom is 0.289 e. The molecule has 1 fully saturated rings. The number of hydrogen-bond donors (Lipinski definition) is 1. The van der Waals surface area contributed by atoms with E-state index in [2.05, 4.69) is 10.2 Å². The van der Waals surface area contributed by atoms with Gasteiger partial charge in [0.2, 0.25) is 5.91 Å². The summed E-state index contributed by atoms with van der Waals surface area (Å²) in [4.78, 5) is 28.3. The summed E-state index contributed by atoms with van der Waals surface area (Å²) in [6, 6.07) is 8.51. The van der Waals surface area contributed by atoms with E-state index in [1.807, 2.05) is 0 Å². The van der Waals surface area contributed by atoms with Crippen molar-refractivity contribution in [1.29, 1.82) is 0 Å². The first-order valence-electron chi connectivity index (χ1n) is 8.75. The number of halogens is 1. The molecular formula is C19H22ClN3O4. The number of nitrogens with one attached hydrogen (secondary N) is 1. The van der Waals surface area contributed by atoms with Crippen LogP contribution >= 0.6 is 11.6 Å². The maximum absolute atomic E-state index is 12.2. The van der Waals surface area contributed by atoms with Gasteiger partial charge < -0.3 is 19.4 Å². The van der Waals surface area contributed by atoms with Gasteiger partial charge in [0.1, 0.15) is 5.75 Å². The number of carbonyl (C=O) groups is 2. The highest BCUT2D eigenvalue weighted by atomic mass is 35.5. The van der Waals surface area contributed by atoms with Crippen LogP contribution in [0, 0.1) is 0 Å². The number of nitrogens with zero attached hydrogens (tertiary/aromatic N) is 2. The van der Waals surface area contributed by atoms with Crippen molar-refractivity contribution in [3.8, 4) is 5.75 Å². The van der Waals surface area contributed by atoms with E-state index in [-0.39, 0.29) is 11.8 Å². The fourth-order valence-electron chi connectivity index (χ4n) is 2.96. The molecule has 0 aliphatic carbocycles. The van der Waals surface area contributed by atoms with Crippen molar-refractivity contribution in [1.82, 2.24) is 9.80 Å². The number of furan rings is 1. The molecule has 0 radical (unpaired) electrons. The third-order valence-electron chi connectivity index (χ3n) is 4.48. The van der Waals surface area contributed by atoms with Crippen LogP contribution in [0.3, 0.4) is 0 Å². The molecule has 8 heteroatoms. The molecule has 27 heavy (non-hydrogen) atoms. The summed E-state index contributed by atoms with van der Waals surface area (Å²) in [5.41, 5.74) is 0.639. The van der Waals surface area contributed by atoms with Crippen LogP contribution in [0.5, 0.6) is 5.75 Å². The van der Waals surface area contributed by atoms with Gasteiger partial charge in [-0.2, -0.15) is 0 Å². The molecule has 1 aliphatic rings. The Morgan fingerprint density at radius 3 is 2.63 bits per heavy atom. The van der Waals surface area contributed by atoms with E-state index in [9.17, 15) is 9.59 Å². The molecule has 1 aromatic carbocycles. The summed E-state index contributed by atoms with van der Waals surface area (Å²) < 4.78 is 10.3. The fraction of sp³-hybridized carbons (Fsp3) is 0.368. The molecule has 3 rings (SSSR count). The number of hydrogen-bond acceptors (Lipinski definition) is 5. The summed E-state index contributed by atoms with van der Waals surface area (Å²) in [7, 11) is 1.54. The van der Waals surface area contributed by atoms with Gasteiger partial charge in [-0.15, -0.1) is 0 Å². The lowest BCUT2D eigenvalue weighted by atomic mass is 10.2.